The van der Waals surface area contributed by atoms with Gasteiger partial charge < -0.3 is 4.74 Å². The van der Waals surface area contributed by atoms with E-state index in [1.54, 1.807) is 0 Å². The van der Waals surface area contributed by atoms with E-state index in [2.05, 4.69) is 0 Å². The van der Waals surface area contributed by atoms with Gasteiger partial charge in [-0.1, -0.05) is 0 Å². The molecule has 1 aliphatic heterocycles. The van der Waals surface area contributed by atoms with Gasteiger partial charge in [0.1, 0.15) is 17.6 Å². The highest BCUT2D eigenvalue weighted by molar-refractivity contribution is 7.89. The van der Waals surface area contributed by atoms with Crippen LogP contribution in [0.4, 0.5) is 4.39 Å². The highest BCUT2D eigenvalue weighted by Crippen LogP contribution is 2.27. The topological polar surface area (TPSA) is 80.8 Å². The lowest BCUT2D eigenvalue weighted by molar-refractivity contribution is -0.137. The molecule has 1 aliphatic rings. The molecule has 6 nitrogen and oxygen atoms in total. The number of Topliss-reactive ketones (excluding diaryl/α,β-unsaturated/α-hetero) is 1. The Kier molecular flexibility index (Phi) is 5.38. The number of halogens is 1. The van der Waals surface area contributed by atoms with Crippen LogP contribution in [0.5, 0.6) is 5.75 Å². The lowest BCUT2D eigenvalue weighted by atomic mass is 10.1. The second-order valence-electron chi connectivity index (χ2n) is 6.23. The first-order chi connectivity index (χ1) is 12.8. The normalized spacial score (nSPS) is 17.6. The Morgan fingerprint density at radius 1 is 1.07 bits per heavy atom. The number of carbonyl (C=O) groups is 2. The van der Waals surface area contributed by atoms with E-state index in [1.165, 1.54) is 43.3 Å². The molecule has 0 aliphatic carbocycles. The molecule has 0 saturated carbocycles. The summed E-state index contributed by atoms with van der Waals surface area (Å²) in [6.45, 7) is 1.61. The molecule has 1 atom stereocenters. The molecule has 0 spiro atoms. The standard InChI is InChI=1S/C19H18FNO5S/c1-13(22)14-4-8-16(9-5-14)26-19(23)18-3-2-12-21(18)27(24,25)17-10-6-15(20)7-11-17/h4-11,18H,2-3,12H2,1H3/t18-/m0/s1. The molecule has 0 radical (unpaired) electrons. The monoisotopic (exact) mass is 391 g/mol. The van der Waals surface area contributed by atoms with E-state index in [0.29, 0.717) is 18.4 Å². The molecule has 142 valence electrons. The zero-order valence-electron chi connectivity index (χ0n) is 14.6. The molecule has 1 fully saturated rings. The Morgan fingerprint density at radius 3 is 2.30 bits per heavy atom. The number of hydrogen-bond donors (Lipinski definition) is 0. The minimum Gasteiger partial charge on any atom is -0.425 e. The highest BCUT2D eigenvalue weighted by Gasteiger charge is 2.40. The number of sulfonamides is 1. The second-order valence-corrected chi connectivity index (χ2v) is 8.12. The van der Waals surface area contributed by atoms with Crippen molar-refractivity contribution in [1.29, 1.82) is 0 Å². The van der Waals surface area contributed by atoms with Gasteiger partial charge >= 0.3 is 5.97 Å². The van der Waals surface area contributed by atoms with Crippen LogP contribution >= 0.6 is 0 Å². The van der Waals surface area contributed by atoms with Gasteiger partial charge in [-0.2, -0.15) is 4.31 Å². The Balaban J connectivity index is 1.78. The molecular weight excluding hydrogens is 373 g/mol. The third kappa shape index (κ3) is 4.06. The van der Waals surface area contributed by atoms with Crippen LogP contribution in [-0.4, -0.2) is 37.1 Å². The molecule has 0 amide bonds. The predicted octanol–water partition coefficient (Wildman–Crippen LogP) is 2.79. The van der Waals surface area contributed by atoms with Gasteiger partial charge in [0.25, 0.3) is 0 Å². The van der Waals surface area contributed by atoms with Gasteiger partial charge in [0.2, 0.25) is 10.0 Å². The number of ether oxygens (including phenoxy) is 1. The summed E-state index contributed by atoms with van der Waals surface area (Å²) in [6.07, 6.45) is 0.855. The van der Waals surface area contributed by atoms with E-state index in [0.717, 1.165) is 16.4 Å². The molecular formula is C19H18FNO5S. The molecule has 8 heteroatoms. The van der Waals surface area contributed by atoms with Crippen molar-refractivity contribution >= 4 is 21.8 Å². The van der Waals surface area contributed by atoms with Crippen LogP contribution in [-0.2, 0) is 14.8 Å². The summed E-state index contributed by atoms with van der Waals surface area (Å²) in [5.74, 6) is -1.11. The minimum atomic E-state index is -3.94. The zero-order chi connectivity index (χ0) is 19.6. The summed E-state index contributed by atoms with van der Waals surface area (Å²) in [4.78, 5) is 23.7. The SMILES string of the molecule is CC(=O)c1ccc(OC(=O)[C@@H]2CCCN2S(=O)(=O)c2ccc(F)cc2)cc1. The third-order valence-corrected chi connectivity index (χ3v) is 6.30. The fourth-order valence-electron chi connectivity index (χ4n) is 2.95. The number of hydrogen-bond acceptors (Lipinski definition) is 5. The van der Waals surface area contributed by atoms with E-state index in [-0.39, 0.29) is 23.0 Å². The van der Waals surface area contributed by atoms with Gasteiger partial charge in [-0.15, -0.1) is 0 Å². The molecule has 1 saturated heterocycles. The Hall–Kier alpha value is -2.58. The third-order valence-electron chi connectivity index (χ3n) is 4.38. The maximum atomic E-state index is 13.1. The van der Waals surface area contributed by atoms with Crippen molar-refractivity contribution in [3.63, 3.8) is 0 Å². The summed E-state index contributed by atoms with van der Waals surface area (Å²) in [6, 6.07) is 9.56. The highest BCUT2D eigenvalue weighted by atomic mass is 32.2. The summed E-state index contributed by atoms with van der Waals surface area (Å²) in [5, 5.41) is 0. The van der Waals surface area contributed by atoms with Crippen molar-refractivity contribution in [2.45, 2.75) is 30.7 Å². The first-order valence-corrected chi connectivity index (χ1v) is 9.83. The predicted molar refractivity (Wildman–Crippen MR) is 95.4 cm³/mol. The number of esters is 1. The van der Waals surface area contributed by atoms with E-state index >= 15 is 0 Å². The van der Waals surface area contributed by atoms with Crippen LogP contribution in [0.1, 0.15) is 30.1 Å². The van der Waals surface area contributed by atoms with Crippen LogP contribution in [0.2, 0.25) is 0 Å². The largest absolute Gasteiger partial charge is 0.425 e. The molecule has 0 bridgehead atoms. The maximum absolute atomic E-state index is 13.1. The lowest BCUT2D eigenvalue weighted by Crippen LogP contribution is -2.42. The molecule has 2 aromatic carbocycles. The average Bonchev–Trinajstić information content (AvgIpc) is 3.13. The molecule has 3 rings (SSSR count). The van der Waals surface area contributed by atoms with E-state index < -0.39 is 27.9 Å². The molecule has 27 heavy (non-hydrogen) atoms. The number of carbonyl (C=O) groups excluding carboxylic acids is 2. The first-order valence-electron chi connectivity index (χ1n) is 8.39. The van der Waals surface area contributed by atoms with Crippen molar-refractivity contribution in [1.82, 2.24) is 4.31 Å². The molecule has 0 unspecified atom stereocenters. The summed E-state index contributed by atoms with van der Waals surface area (Å²) >= 11 is 0. The average molecular weight is 391 g/mol. The fraction of sp³-hybridized carbons (Fsp3) is 0.263. The number of ketones is 1. The number of rotatable bonds is 5. The summed E-state index contributed by atoms with van der Waals surface area (Å²) in [7, 11) is -3.94. The minimum absolute atomic E-state index is 0.0746. The molecule has 0 aromatic heterocycles. The number of benzene rings is 2. The van der Waals surface area contributed by atoms with Gasteiger partial charge in [0.05, 0.1) is 4.90 Å². The Bertz CT molecular complexity index is 955. The second kappa shape index (κ2) is 7.58. The maximum Gasteiger partial charge on any atom is 0.329 e. The molecule has 2 aromatic rings. The fourth-order valence-corrected chi connectivity index (χ4v) is 4.59. The van der Waals surface area contributed by atoms with Gasteiger partial charge in [-0.05, 0) is 68.3 Å². The van der Waals surface area contributed by atoms with Gasteiger partial charge in [0, 0.05) is 12.1 Å². The van der Waals surface area contributed by atoms with Gasteiger partial charge in [0.15, 0.2) is 5.78 Å². The lowest BCUT2D eigenvalue weighted by Gasteiger charge is -2.22. The van der Waals surface area contributed by atoms with Crippen molar-refractivity contribution in [2.24, 2.45) is 0 Å². The van der Waals surface area contributed by atoms with Crippen molar-refractivity contribution in [3.8, 4) is 5.75 Å². The smallest absolute Gasteiger partial charge is 0.329 e. The first kappa shape index (κ1) is 19.2. The van der Waals surface area contributed by atoms with E-state index in [4.69, 9.17) is 4.74 Å². The van der Waals surface area contributed by atoms with Gasteiger partial charge in [-0.25, -0.2) is 17.6 Å². The van der Waals surface area contributed by atoms with E-state index in [1.807, 2.05) is 0 Å². The van der Waals surface area contributed by atoms with E-state index in [9.17, 15) is 22.4 Å². The summed E-state index contributed by atoms with van der Waals surface area (Å²) < 4.78 is 45.0. The van der Waals surface area contributed by atoms with Crippen LogP contribution < -0.4 is 4.74 Å². The molecule has 0 N–H and O–H groups in total. The Morgan fingerprint density at radius 2 is 1.70 bits per heavy atom. The molecule has 1 heterocycles. The van der Waals surface area contributed by atoms with Crippen LogP contribution in [0.25, 0.3) is 0 Å². The van der Waals surface area contributed by atoms with Crippen molar-refractivity contribution < 1.29 is 27.1 Å². The van der Waals surface area contributed by atoms with Crippen LogP contribution in [0.3, 0.4) is 0 Å². The van der Waals surface area contributed by atoms with Crippen molar-refractivity contribution in [3.05, 3.63) is 59.9 Å². The van der Waals surface area contributed by atoms with Crippen molar-refractivity contribution in [2.75, 3.05) is 6.54 Å². The zero-order valence-corrected chi connectivity index (χ0v) is 15.4. The van der Waals surface area contributed by atoms with Gasteiger partial charge in [-0.3, -0.25) is 4.79 Å². The number of nitrogens with zero attached hydrogens (tertiary/aromatic N) is 1. The summed E-state index contributed by atoms with van der Waals surface area (Å²) in [5.41, 5.74) is 0.483. The van der Waals surface area contributed by atoms with Crippen LogP contribution in [0, 0.1) is 5.82 Å². The quantitative estimate of drug-likeness (QED) is 0.445. The van der Waals surface area contributed by atoms with Crippen LogP contribution in [0.15, 0.2) is 53.4 Å². The Labute approximate surface area is 156 Å².